The molecule has 0 spiro atoms. The molecule has 8 heteroatoms. The van der Waals surface area contributed by atoms with Crippen LogP contribution in [-0.2, 0) is 24.5 Å². The Balaban J connectivity index is 1.68. The minimum absolute atomic E-state index is 0.0819. The lowest BCUT2D eigenvalue weighted by Gasteiger charge is -2.41. The van der Waals surface area contributed by atoms with Crippen molar-refractivity contribution in [2.24, 2.45) is 0 Å². The summed E-state index contributed by atoms with van der Waals surface area (Å²) < 4.78 is 17.1. The second kappa shape index (κ2) is 14.4. The van der Waals surface area contributed by atoms with Crippen molar-refractivity contribution in [1.82, 2.24) is 10.6 Å². The molecule has 214 valence electrons. The number of carbonyl (C=O) groups is 1. The summed E-state index contributed by atoms with van der Waals surface area (Å²) in [6.45, 7) is 8.36. The van der Waals surface area contributed by atoms with Crippen LogP contribution < -0.4 is 10.6 Å². The first-order valence-corrected chi connectivity index (χ1v) is 18.6. The summed E-state index contributed by atoms with van der Waals surface area (Å²) >= 11 is 1.71. The second-order valence-corrected chi connectivity index (χ2v) is 18.1. The van der Waals surface area contributed by atoms with Crippen molar-refractivity contribution < 1.29 is 19.0 Å². The minimum Gasteiger partial charge on any atom is -0.468 e. The molecular weight excluding hydrogens is 537 g/mol. The molecule has 0 saturated carbocycles. The van der Waals surface area contributed by atoms with E-state index in [1.165, 1.54) is 7.11 Å². The number of ether oxygens (including phenoxy) is 3. The Labute approximate surface area is 244 Å². The van der Waals surface area contributed by atoms with E-state index in [1.807, 2.05) is 18.2 Å². The Hall–Kier alpha value is -2.46. The van der Waals surface area contributed by atoms with Gasteiger partial charge in [-0.05, 0) is 22.7 Å². The molecule has 0 aliphatic carbocycles. The van der Waals surface area contributed by atoms with Gasteiger partial charge in [0, 0.05) is 20.4 Å². The highest BCUT2D eigenvalue weighted by atomic mass is 32.2. The van der Waals surface area contributed by atoms with Crippen molar-refractivity contribution in [2.75, 3.05) is 32.9 Å². The third-order valence-corrected chi connectivity index (χ3v) is 10.2. The molecule has 4 rings (SSSR count). The Bertz CT molecular complexity index is 1080. The van der Waals surface area contributed by atoms with E-state index in [4.69, 9.17) is 14.2 Å². The highest BCUT2D eigenvalue weighted by Gasteiger charge is 2.42. The van der Waals surface area contributed by atoms with Crippen LogP contribution in [0.25, 0.3) is 0 Å². The maximum Gasteiger partial charge on any atom is 0.323 e. The number of methoxy groups -OCH3 is 1. The molecule has 0 aromatic heterocycles. The molecule has 1 saturated heterocycles. The topological polar surface area (TPSA) is 68.8 Å². The van der Waals surface area contributed by atoms with Crippen molar-refractivity contribution in [1.29, 1.82) is 0 Å². The average molecular weight is 579 g/mol. The van der Waals surface area contributed by atoms with Gasteiger partial charge in [-0.25, -0.2) is 0 Å². The van der Waals surface area contributed by atoms with Gasteiger partial charge in [-0.2, -0.15) is 0 Å². The zero-order chi connectivity index (χ0) is 28.4. The molecule has 3 atom stereocenters. The maximum absolute atomic E-state index is 12.4. The molecule has 3 aromatic carbocycles. The first-order chi connectivity index (χ1) is 19.3. The van der Waals surface area contributed by atoms with Gasteiger partial charge in [-0.15, -0.1) is 11.8 Å². The zero-order valence-electron chi connectivity index (χ0n) is 24.0. The predicted octanol–water partition coefficient (Wildman–Crippen LogP) is 5.47. The molecule has 0 bridgehead atoms. The van der Waals surface area contributed by atoms with E-state index in [0.29, 0.717) is 19.0 Å². The van der Waals surface area contributed by atoms with Gasteiger partial charge in [0.25, 0.3) is 0 Å². The highest BCUT2D eigenvalue weighted by molar-refractivity contribution is 8.00. The highest BCUT2D eigenvalue weighted by Crippen LogP contribution is 2.38. The van der Waals surface area contributed by atoms with Crippen LogP contribution in [0.2, 0.25) is 25.7 Å². The molecule has 0 unspecified atom stereocenters. The molecule has 3 aromatic rings. The van der Waals surface area contributed by atoms with Crippen LogP contribution in [0.3, 0.4) is 0 Å². The molecule has 1 aliphatic heterocycles. The molecule has 1 fully saturated rings. The number of hydrogen-bond acceptors (Lipinski definition) is 7. The van der Waals surface area contributed by atoms with Gasteiger partial charge < -0.3 is 14.2 Å². The van der Waals surface area contributed by atoms with Crippen LogP contribution in [0.1, 0.15) is 16.7 Å². The first-order valence-electron chi connectivity index (χ1n) is 13.9. The lowest BCUT2D eigenvalue weighted by atomic mass is 9.76. The lowest BCUT2D eigenvalue weighted by Crippen LogP contribution is -2.57. The Morgan fingerprint density at radius 3 is 1.93 bits per heavy atom. The molecule has 6 nitrogen and oxygen atoms in total. The van der Waals surface area contributed by atoms with Crippen LogP contribution in [0.4, 0.5) is 0 Å². The van der Waals surface area contributed by atoms with E-state index in [2.05, 4.69) is 103 Å². The number of nitrogens with one attached hydrogen (secondary N) is 2. The largest absolute Gasteiger partial charge is 0.468 e. The van der Waals surface area contributed by atoms with Gasteiger partial charge in [0.05, 0.1) is 30.7 Å². The van der Waals surface area contributed by atoms with Gasteiger partial charge in [0.1, 0.15) is 12.8 Å². The van der Waals surface area contributed by atoms with Crippen molar-refractivity contribution in [3.05, 3.63) is 108 Å². The number of thioether (sulfide) groups is 1. The van der Waals surface area contributed by atoms with Crippen LogP contribution in [0, 0.1) is 0 Å². The molecule has 1 heterocycles. The normalized spacial score (nSPS) is 18.4. The standard InChI is InChI=1S/C32H42N2O4SSi/c1-36-31(35)29-23-39-30(33-29)28(22-38-24-37-20-21-40(2,3)4)34-32(25-14-8-5-9-15-25,26-16-10-6-11-17-26)27-18-12-7-13-19-27/h5-19,28-30,33-34H,20-24H2,1-4H3/t28-,29-,30+/m0/s1. The van der Waals surface area contributed by atoms with Crippen molar-refractivity contribution in [3.8, 4) is 0 Å². The van der Waals surface area contributed by atoms with Crippen LogP contribution >= 0.6 is 11.8 Å². The number of esters is 1. The maximum atomic E-state index is 12.4. The van der Waals surface area contributed by atoms with Crippen LogP contribution in [-0.4, -0.2) is 64.4 Å². The monoisotopic (exact) mass is 578 g/mol. The summed E-state index contributed by atoms with van der Waals surface area (Å²) in [5, 5.41) is 7.46. The summed E-state index contributed by atoms with van der Waals surface area (Å²) in [6, 6.07) is 32.1. The fourth-order valence-electron chi connectivity index (χ4n) is 4.97. The van der Waals surface area contributed by atoms with E-state index < -0.39 is 13.6 Å². The van der Waals surface area contributed by atoms with Crippen LogP contribution in [0.15, 0.2) is 91.0 Å². The fraction of sp³-hybridized carbons (Fsp3) is 0.406. The Morgan fingerprint density at radius 1 is 0.925 bits per heavy atom. The van der Waals surface area contributed by atoms with E-state index in [1.54, 1.807) is 11.8 Å². The number of rotatable bonds is 14. The van der Waals surface area contributed by atoms with Crippen molar-refractivity contribution >= 4 is 25.8 Å². The van der Waals surface area contributed by atoms with E-state index in [9.17, 15) is 4.79 Å². The Morgan fingerprint density at radius 2 is 1.45 bits per heavy atom. The molecular formula is C32H42N2O4SSi. The number of hydrogen-bond donors (Lipinski definition) is 2. The van der Waals surface area contributed by atoms with Gasteiger partial charge in [-0.3, -0.25) is 15.4 Å². The first kappa shape index (κ1) is 30.5. The van der Waals surface area contributed by atoms with Crippen molar-refractivity contribution in [3.63, 3.8) is 0 Å². The molecule has 40 heavy (non-hydrogen) atoms. The molecule has 2 N–H and O–H groups in total. The van der Waals surface area contributed by atoms with E-state index >= 15 is 0 Å². The summed E-state index contributed by atoms with van der Waals surface area (Å²) in [4.78, 5) is 12.4. The molecule has 0 amide bonds. The van der Waals surface area contributed by atoms with Gasteiger partial charge in [-0.1, -0.05) is 111 Å². The summed E-state index contributed by atoms with van der Waals surface area (Å²) in [5.41, 5.74) is 2.70. The molecule has 0 radical (unpaired) electrons. The molecule has 1 aliphatic rings. The van der Waals surface area contributed by atoms with Gasteiger partial charge in [0.2, 0.25) is 0 Å². The van der Waals surface area contributed by atoms with Crippen molar-refractivity contribution in [2.45, 2.75) is 48.7 Å². The van der Waals surface area contributed by atoms with E-state index in [-0.39, 0.29) is 30.2 Å². The number of carbonyl (C=O) groups excluding carboxylic acids is 1. The SMILES string of the molecule is COC(=O)[C@@H]1CS[C@H]([C@H](COCOCC[Si](C)(C)C)NC(c2ccccc2)(c2ccccc2)c2ccccc2)N1. The van der Waals surface area contributed by atoms with Gasteiger partial charge >= 0.3 is 5.97 Å². The quantitative estimate of drug-likeness (QED) is 0.0865. The van der Waals surface area contributed by atoms with Gasteiger partial charge in [0.15, 0.2) is 0 Å². The van der Waals surface area contributed by atoms with E-state index in [0.717, 1.165) is 22.7 Å². The summed E-state index contributed by atoms with van der Waals surface area (Å²) in [6.07, 6.45) is 0. The average Bonchev–Trinajstić information content (AvgIpc) is 3.47. The Kier molecular flexibility index (Phi) is 11.0. The fourth-order valence-corrected chi connectivity index (χ4v) is 7.00. The van der Waals surface area contributed by atoms with Crippen LogP contribution in [0.5, 0.6) is 0 Å². The smallest absolute Gasteiger partial charge is 0.323 e. The predicted molar refractivity (Wildman–Crippen MR) is 166 cm³/mol. The summed E-state index contributed by atoms with van der Waals surface area (Å²) in [7, 11) is 0.258. The minimum atomic E-state index is -1.18. The third-order valence-electron chi connectivity index (χ3n) is 7.14. The zero-order valence-corrected chi connectivity index (χ0v) is 25.8. The summed E-state index contributed by atoms with van der Waals surface area (Å²) in [5.74, 6) is 0.391. The third kappa shape index (κ3) is 7.84. The second-order valence-electron chi connectivity index (χ2n) is 11.3. The lowest BCUT2D eigenvalue weighted by molar-refractivity contribution is -0.142. The number of benzene rings is 3.